The fourth-order valence-electron chi connectivity index (χ4n) is 1.61. The number of halogens is 1. The normalized spacial score (nSPS) is 10.5. The first kappa shape index (κ1) is 17.5. The second-order valence-electron chi connectivity index (χ2n) is 4.08. The van der Waals surface area contributed by atoms with Crippen LogP contribution >= 0.6 is 22.6 Å². The minimum absolute atomic E-state index is 0.408. The first-order chi connectivity index (χ1) is 10.0. The summed E-state index contributed by atoms with van der Waals surface area (Å²) in [4.78, 5) is 24.7. The summed E-state index contributed by atoms with van der Waals surface area (Å²) >= 11 is 2.15. The van der Waals surface area contributed by atoms with Crippen molar-refractivity contribution in [2.24, 2.45) is 0 Å². The maximum absolute atomic E-state index is 12.0. The van der Waals surface area contributed by atoms with Gasteiger partial charge < -0.3 is 14.4 Å². The molecule has 0 aromatic heterocycles. The molecule has 0 aliphatic heterocycles. The Morgan fingerprint density at radius 2 is 1.95 bits per heavy atom. The molecule has 0 radical (unpaired) electrons. The minimum atomic E-state index is -0.463. The van der Waals surface area contributed by atoms with Crippen LogP contribution in [0.1, 0.15) is 19.4 Å². The highest BCUT2D eigenvalue weighted by molar-refractivity contribution is 14.1. The highest BCUT2D eigenvalue weighted by Crippen LogP contribution is 2.23. The first-order valence-electron chi connectivity index (χ1n) is 6.54. The van der Waals surface area contributed by atoms with Gasteiger partial charge in [-0.05, 0) is 60.7 Å². The molecule has 1 rings (SSSR count). The number of hydrogen-bond donors (Lipinski definition) is 0. The van der Waals surface area contributed by atoms with E-state index >= 15 is 0 Å². The molecule has 0 N–H and O–H groups in total. The molecule has 0 saturated carbocycles. The van der Waals surface area contributed by atoms with Crippen LogP contribution in [0, 0.1) is 3.57 Å². The lowest BCUT2D eigenvalue weighted by Crippen LogP contribution is -2.33. The smallest absolute Gasteiger partial charge is 0.415 e. The van der Waals surface area contributed by atoms with Gasteiger partial charge in [0.15, 0.2) is 0 Å². The Hall–Kier alpha value is -1.57. The maximum Gasteiger partial charge on any atom is 0.415 e. The first-order valence-corrected chi connectivity index (χ1v) is 7.62. The van der Waals surface area contributed by atoms with Crippen molar-refractivity contribution in [1.82, 2.24) is 4.90 Å². The van der Waals surface area contributed by atoms with E-state index in [1.807, 2.05) is 26.0 Å². The Balaban J connectivity index is 2.99. The molecule has 114 valence electrons. The van der Waals surface area contributed by atoms with Gasteiger partial charge in [0, 0.05) is 28.3 Å². The van der Waals surface area contributed by atoms with Crippen molar-refractivity contribution < 1.29 is 19.1 Å². The van der Waals surface area contributed by atoms with Crippen LogP contribution in [-0.4, -0.2) is 37.2 Å². The van der Waals surface area contributed by atoms with E-state index < -0.39 is 12.1 Å². The van der Waals surface area contributed by atoms with E-state index in [-0.39, 0.29) is 0 Å². The van der Waals surface area contributed by atoms with Crippen molar-refractivity contribution in [2.45, 2.75) is 13.8 Å². The second kappa shape index (κ2) is 8.66. The molecule has 0 bridgehead atoms. The van der Waals surface area contributed by atoms with Gasteiger partial charge in [-0.15, -0.1) is 0 Å². The summed E-state index contributed by atoms with van der Waals surface area (Å²) in [6.07, 6.45) is 2.45. The third-order valence-corrected chi connectivity index (χ3v) is 3.46. The lowest BCUT2D eigenvalue weighted by Gasteiger charge is -2.18. The number of nitrogens with zero attached hydrogens (tertiary/aromatic N) is 1. The number of esters is 1. The average Bonchev–Trinajstić information content (AvgIpc) is 2.48. The third-order valence-electron chi connectivity index (χ3n) is 2.79. The molecule has 0 heterocycles. The van der Waals surface area contributed by atoms with Crippen LogP contribution in [-0.2, 0) is 9.53 Å². The fourth-order valence-corrected chi connectivity index (χ4v) is 2.12. The summed E-state index contributed by atoms with van der Waals surface area (Å²) in [7, 11) is 1.31. The molecule has 0 spiro atoms. The highest BCUT2D eigenvalue weighted by atomic mass is 127. The SMILES string of the molecule is CCN(CC)C(=O)Oc1ccc(I)cc1/C=C/C(=O)OC. The second-order valence-corrected chi connectivity index (χ2v) is 5.32. The highest BCUT2D eigenvalue weighted by Gasteiger charge is 2.14. The zero-order chi connectivity index (χ0) is 15.8. The molecular weight excluding hydrogens is 385 g/mol. The van der Waals surface area contributed by atoms with E-state index in [9.17, 15) is 9.59 Å². The summed E-state index contributed by atoms with van der Waals surface area (Å²) in [5.41, 5.74) is 0.646. The molecule has 0 atom stereocenters. The van der Waals surface area contributed by atoms with Gasteiger partial charge in [-0.3, -0.25) is 0 Å². The van der Waals surface area contributed by atoms with E-state index in [0.717, 1.165) is 3.57 Å². The van der Waals surface area contributed by atoms with Crippen molar-refractivity contribution in [2.75, 3.05) is 20.2 Å². The number of benzene rings is 1. The molecule has 0 saturated heterocycles. The zero-order valence-corrected chi connectivity index (χ0v) is 14.4. The molecule has 0 aliphatic rings. The number of rotatable bonds is 5. The number of methoxy groups -OCH3 is 1. The van der Waals surface area contributed by atoms with Crippen molar-refractivity contribution in [3.8, 4) is 5.75 Å². The summed E-state index contributed by atoms with van der Waals surface area (Å²) in [6.45, 7) is 4.92. The molecule has 6 heteroatoms. The number of hydrogen-bond acceptors (Lipinski definition) is 4. The predicted molar refractivity (Wildman–Crippen MR) is 89.2 cm³/mol. The van der Waals surface area contributed by atoms with Gasteiger partial charge in [0.1, 0.15) is 5.75 Å². The van der Waals surface area contributed by atoms with Crippen molar-refractivity contribution in [1.29, 1.82) is 0 Å². The standard InChI is InChI=1S/C15H18INO4/c1-4-17(5-2)15(19)21-13-8-7-12(16)10-11(13)6-9-14(18)20-3/h6-10H,4-5H2,1-3H3/b9-6+. The van der Waals surface area contributed by atoms with Crippen LogP contribution in [0.5, 0.6) is 5.75 Å². The Morgan fingerprint density at radius 1 is 1.29 bits per heavy atom. The van der Waals surface area contributed by atoms with Gasteiger partial charge in [-0.25, -0.2) is 9.59 Å². The average molecular weight is 403 g/mol. The van der Waals surface area contributed by atoms with Crippen LogP contribution in [0.15, 0.2) is 24.3 Å². The van der Waals surface area contributed by atoms with Crippen LogP contribution in [0.25, 0.3) is 6.08 Å². The quantitative estimate of drug-likeness (QED) is 0.430. The number of amides is 1. The lowest BCUT2D eigenvalue weighted by molar-refractivity contribution is -0.134. The number of carbonyl (C=O) groups is 2. The topological polar surface area (TPSA) is 55.8 Å². The molecule has 0 aliphatic carbocycles. The molecule has 1 aromatic carbocycles. The third kappa shape index (κ3) is 5.37. The zero-order valence-electron chi connectivity index (χ0n) is 12.3. The molecule has 1 amide bonds. The maximum atomic E-state index is 12.0. The molecule has 5 nitrogen and oxygen atoms in total. The van der Waals surface area contributed by atoms with Crippen LogP contribution in [0.4, 0.5) is 4.79 Å². The van der Waals surface area contributed by atoms with Crippen molar-refractivity contribution >= 4 is 40.7 Å². The van der Waals surface area contributed by atoms with Crippen LogP contribution in [0.2, 0.25) is 0 Å². The van der Waals surface area contributed by atoms with E-state index in [0.29, 0.717) is 24.4 Å². The Kier molecular flexibility index (Phi) is 7.21. The van der Waals surface area contributed by atoms with E-state index in [1.54, 1.807) is 17.0 Å². The molecule has 0 unspecified atom stereocenters. The summed E-state index contributed by atoms with van der Waals surface area (Å²) in [6, 6.07) is 5.37. The summed E-state index contributed by atoms with van der Waals surface area (Å²) in [5, 5.41) is 0. The predicted octanol–water partition coefficient (Wildman–Crippen LogP) is 3.32. The monoisotopic (exact) mass is 403 g/mol. The summed E-state index contributed by atoms with van der Waals surface area (Å²) in [5.74, 6) is -0.0534. The number of ether oxygens (including phenoxy) is 2. The lowest BCUT2D eigenvalue weighted by atomic mass is 10.2. The summed E-state index contributed by atoms with van der Waals surface area (Å²) < 4.78 is 10.9. The minimum Gasteiger partial charge on any atom is -0.466 e. The van der Waals surface area contributed by atoms with Gasteiger partial charge >= 0.3 is 12.1 Å². The number of carbonyl (C=O) groups excluding carboxylic acids is 2. The van der Waals surface area contributed by atoms with E-state index in [4.69, 9.17) is 4.74 Å². The fraction of sp³-hybridized carbons (Fsp3) is 0.333. The Morgan fingerprint density at radius 3 is 2.52 bits per heavy atom. The molecule has 21 heavy (non-hydrogen) atoms. The Labute approximate surface area is 138 Å². The Bertz CT molecular complexity index is 538. The van der Waals surface area contributed by atoms with Crippen LogP contribution in [0.3, 0.4) is 0 Å². The van der Waals surface area contributed by atoms with Crippen molar-refractivity contribution in [3.05, 3.63) is 33.4 Å². The van der Waals surface area contributed by atoms with Crippen LogP contribution < -0.4 is 4.74 Å². The van der Waals surface area contributed by atoms with Gasteiger partial charge in [-0.2, -0.15) is 0 Å². The van der Waals surface area contributed by atoms with E-state index in [1.165, 1.54) is 13.2 Å². The van der Waals surface area contributed by atoms with Crippen molar-refractivity contribution in [3.63, 3.8) is 0 Å². The molecule has 1 aromatic rings. The molecular formula is C15H18INO4. The van der Waals surface area contributed by atoms with E-state index in [2.05, 4.69) is 27.3 Å². The molecule has 0 fully saturated rings. The van der Waals surface area contributed by atoms with Gasteiger partial charge in [0.05, 0.1) is 7.11 Å². The van der Waals surface area contributed by atoms with Gasteiger partial charge in [-0.1, -0.05) is 0 Å². The van der Waals surface area contributed by atoms with Gasteiger partial charge in [0.2, 0.25) is 0 Å². The largest absolute Gasteiger partial charge is 0.466 e. The van der Waals surface area contributed by atoms with Gasteiger partial charge in [0.25, 0.3) is 0 Å².